The second kappa shape index (κ2) is 9.35. The number of carbonyl (C=O) groups excluding carboxylic acids is 3. The van der Waals surface area contributed by atoms with Gasteiger partial charge >= 0.3 is 5.97 Å². The summed E-state index contributed by atoms with van der Waals surface area (Å²) in [5, 5.41) is 15.6. The molecule has 0 atom stereocenters. The highest BCUT2D eigenvalue weighted by Gasteiger charge is 2.29. The number of nitrogens with two attached hydrogens (primary N) is 1. The molecule has 2 amide bonds. The number of piperidine rings is 1. The van der Waals surface area contributed by atoms with Gasteiger partial charge in [-0.15, -0.1) is 11.3 Å². The van der Waals surface area contributed by atoms with Crippen LogP contribution in [0, 0.1) is 16.0 Å². The molecule has 1 aromatic carbocycles. The summed E-state index contributed by atoms with van der Waals surface area (Å²) < 4.78 is 5.11. The van der Waals surface area contributed by atoms with Gasteiger partial charge in [-0.2, -0.15) is 0 Å². The van der Waals surface area contributed by atoms with Crippen molar-refractivity contribution >= 4 is 45.5 Å². The minimum Gasteiger partial charge on any atom is -0.455 e. The van der Waals surface area contributed by atoms with Crippen LogP contribution in [-0.4, -0.2) is 42.4 Å². The SMILES string of the molecule is NC(=O)c1ccsc1NC(=O)COC(=O)C1CCN(c2ccccc2[N+](=O)[O-])CC1. The highest BCUT2D eigenvalue weighted by molar-refractivity contribution is 7.14. The van der Waals surface area contributed by atoms with Crippen molar-refractivity contribution in [2.24, 2.45) is 11.7 Å². The summed E-state index contributed by atoms with van der Waals surface area (Å²) in [7, 11) is 0. The molecule has 0 spiro atoms. The number of nitrogens with one attached hydrogen (secondary N) is 1. The Morgan fingerprint density at radius 3 is 2.60 bits per heavy atom. The number of para-hydroxylation sites is 2. The molecular weight excluding hydrogens is 412 g/mol. The van der Waals surface area contributed by atoms with Crippen LogP contribution < -0.4 is 16.0 Å². The van der Waals surface area contributed by atoms with E-state index in [1.807, 2.05) is 4.90 Å². The number of hydrogen-bond donors (Lipinski definition) is 2. The number of hydrogen-bond acceptors (Lipinski definition) is 8. The number of nitrogens with zero attached hydrogens (tertiary/aromatic N) is 2. The fourth-order valence-corrected chi connectivity index (χ4v) is 4.07. The molecule has 0 saturated carbocycles. The fraction of sp³-hybridized carbons (Fsp3) is 0.316. The Balaban J connectivity index is 1.49. The van der Waals surface area contributed by atoms with Gasteiger partial charge in [-0.3, -0.25) is 24.5 Å². The first kappa shape index (κ1) is 21.2. The van der Waals surface area contributed by atoms with Crippen LogP contribution in [0.2, 0.25) is 0 Å². The number of esters is 1. The van der Waals surface area contributed by atoms with E-state index in [0.717, 1.165) is 11.3 Å². The van der Waals surface area contributed by atoms with E-state index in [1.165, 1.54) is 12.1 Å². The van der Waals surface area contributed by atoms with Crippen molar-refractivity contribution in [2.45, 2.75) is 12.8 Å². The zero-order valence-electron chi connectivity index (χ0n) is 15.9. The molecule has 0 unspecified atom stereocenters. The maximum atomic E-state index is 12.3. The average Bonchev–Trinajstić information content (AvgIpc) is 3.20. The number of benzene rings is 1. The van der Waals surface area contributed by atoms with Gasteiger partial charge in [0.05, 0.1) is 16.4 Å². The monoisotopic (exact) mass is 432 g/mol. The van der Waals surface area contributed by atoms with Crippen molar-refractivity contribution in [2.75, 3.05) is 29.9 Å². The molecular formula is C19H20N4O6S. The Hall–Kier alpha value is -3.47. The topological polar surface area (TPSA) is 145 Å². The number of amides is 2. The Labute approximate surface area is 175 Å². The number of nitro groups is 1. The lowest BCUT2D eigenvalue weighted by molar-refractivity contribution is -0.384. The van der Waals surface area contributed by atoms with Gasteiger partial charge in [0.25, 0.3) is 17.5 Å². The zero-order chi connectivity index (χ0) is 21.7. The molecule has 30 heavy (non-hydrogen) atoms. The Kier molecular flexibility index (Phi) is 6.62. The first-order chi connectivity index (χ1) is 14.4. The van der Waals surface area contributed by atoms with Crippen molar-refractivity contribution in [3.63, 3.8) is 0 Å². The van der Waals surface area contributed by atoms with E-state index in [2.05, 4.69) is 5.32 Å². The number of nitro benzene ring substituents is 1. The zero-order valence-corrected chi connectivity index (χ0v) is 16.7. The van der Waals surface area contributed by atoms with Crippen LogP contribution in [0.15, 0.2) is 35.7 Å². The van der Waals surface area contributed by atoms with Crippen molar-refractivity contribution in [3.05, 3.63) is 51.4 Å². The van der Waals surface area contributed by atoms with Crippen LogP contribution in [0.4, 0.5) is 16.4 Å². The van der Waals surface area contributed by atoms with Gasteiger partial charge in [0.2, 0.25) is 0 Å². The highest BCUT2D eigenvalue weighted by atomic mass is 32.1. The Bertz CT molecular complexity index is 967. The molecule has 0 bridgehead atoms. The molecule has 0 radical (unpaired) electrons. The summed E-state index contributed by atoms with van der Waals surface area (Å²) >= 11 is 1.14. The number of primary amides is 1. The minimum atomic E-state index is -0.658. The van der Waals surface area contributed by atoms with Gasteiger partial charge in [-0.05, 0) is 30.4 Å². The molecule has 1 aliphatic heterocycles. The summed E-state index contributed by atoms with van der Waals surface area (Å²) in [6.45, 7) is 0.460. The molecule has 10 nitrogen and oxygen atoms in total. The van der Waals surface area contributed by atoms with Crippen LogP contribution in [-0.2, 0) is 14.3 Å². The third-order valence-electron chi connectivity index (χ3n) is 4.78. The molecule has 1 aromatic heterocycles. The third-order valence-corrected chi connectivity index (χ3v) is 5.61. The highest BCUT2D eigenvalue weighted by Crippen LogP contribution is 2.31. The molecule has 11 heteroatoms. The normalized spacial score (nSPS) is 14.2. The van der Waals surface area contributed by atoms with Gasteiger partial charge in [-0.25, -0.2) is 0 Å². The van der Waals surface area contributed by atoms with E-state index in [4.69, 9.17) is 10.5 Å². The minimum absolute atomic E-state index is 0.0269. The number of carbonyl (C=O) groups is 3. The van der Waals surface area contributed by atoms with E-state index in [0.29, 0.717) is 36.6 Å². The molecule has 2 aromatic rings. The molecule has 158 valence electrons. The van der Waals surface area contributed by atoms with Crippen LogP contribution in [0.3, 0.4) is 0 Å². The summed E-state index contributed by atoms with van der Waals surface area (Å²) in [4.78, 5) is 48.2. The third kappa shape index (κ3) is 4.92. The van der Waals surface area contributed by atoms with Gasteiger partial charge in [0.1, 0.15) is 10.7 Å². The fourth-order valence-electron chi connectivity index (χ4n) is 3.26. The van der Waals surface area contributed by atoms with Crippen LogP contribution >= 0.6 is 11.3 Å². The maximum absolute atomic E-state index is 12.3. The lowest BCUT2D eigenvalue weighted by Crippen LogP contribution is -2.37. The van der Waals surface area contributed by atoms with Crippen molar-refractivity contribution in [1.82, 2.24) is 0 Å². The number of rotatable bonds is 7. The largest absolute Gasteiger partial charge is 0.455 e. The number of anilines is 2. The molecule has 3 N–H and O–H groups in total. The summed E-state index contributed by atoms with van der Waals surface area (Å²) in [5.41, 5.74) is 5.97. The van der Waals surface area contributed by atoms with E-state index < -0.39 is 29.3 Å². The predicted octanol–water partition coefficient (Wildman–Crippen LogP) is 2.15. The van der Waals surface area contributed by atoms with Gasteiger partial charge in [0, 0.05) is 19.2 Å². The quantitative estimate of drug-likeness (QED) is 0.387. The smallest absolute Gasteiger partial charge is 0.309 e. The molecule has 1 aliphatic rings. The van der Waals surface area contributed by atoms with E-state index >= 15 is 0 Å². The van der Waals surface area contributed by atoms with Crippen LogP contribution in [0.1, 0.15) is 23.2 Å². The predicted molar refractivity (Wildman–Crippen MR) is 110 cm³/mol. The lowest BCUT2D eigenvalue weighted by atomic mass is 9.96. The molecule has 3 rings (SSSR count). The van der Waals surface area contributed by atoms with Crippen molar-refractivity contribution < 1.29 is 24.0 Å². The standard InChI is InChI=1S/C19H20N4O6S/c20-17(25)13-7-10-30-18(13)21-16(24)11-29-19(26)12-5-8-22(9-6-12)14-3-1-2-4-15(14)23(27)28/h1-4,7,10,12H,5-6,8-9,11H2,(H2,20,25)(H,21,24). The maximum Gasteiger partial charge on any atom is 0.309 e. The number of thiophene rings is 1. The van der Waals surface area contributed by atoms with Crippen LogP contribution in [0.25, 0.3) is 0 Å². The van der Waals surface area contributed by atoms with Gasteiger partial charge in [-0.1, -0.05) is 12.1 Å². The van der Waals surface area contributed by atoms with E-state index in [-0.39, 0.29) is 17.2 Å². The van der Waals surface area contributed by atoms with Crippen molar-refractivity contribution in [3.8, 4) is 0 Å². The van der Waals surface area contributed by atoms with E-state index in [9.17, 15) is 24.5 Å². The number of ether oxygens (including phenoxy) is 1. The summed E-state index contributed by atoms with van der Waals surface area (Å²) in [6.07, 6.45) is 0.923. The average molecular weight is 432 g/mol. The first-order valence-electron chi connectivity index (χ1n) is 9.19. The molecule has 2 heterocycles. The van der Waals surface area contributed by atoms with Gasteiger partial charge < -0.3 is 20.7 Å². The Morgan fingerprint density at radius 2 is 1.93 bits per heavy atom. The van der Waals surface area contributed by atoms with Crippen LogP contribution in [0.5, 0.6) is 0 Å². The molecule has 1 saturated heterocycles. The summed E-state index contributed by atoms with van der Waals surface area (Å²) in [5.74, 6) is -2.10. The van der Waals surface area contributed by atoms with E-state index in [1.54, 1.807) is 23.6 Å². The summed E-state index contributed by atoms with van der Waals surface area (Å²) in [6, 6.07) is 7.98. The Morgan fingerprint density at radius 1 is 1.23 bits per heavy atom. The van der Waals surface area contributed by atoms with Crippen molar-refractivity contribution in [1.29, 1.82) is 0 Å². The molecule has 1 fully saturated rings. The lowest BCUT2D eigenvalue weighted by Gasteiger charge is -2.32. The first-order valence-corrected chi connectivity index (χ1v) is 10.1. The molecule has 0 aliphatic carbocycles. The van der Waals surface area contributed by atoms with Gasteiger partial charge in [0.15, 0.2) is 6.61 Å². The second-order valence-electron chi connectivity index (χ2n) is 6.69. The second-order valence-corrected chi connectivity index (χ2v) is 7.61.